The van der Waals surface area contributed by atoms with Gasteiger partial charge in [-0.05, 0) is 142 Å². The molecule has 10 heteroatoms. The van der Waals surface area contributed by atoms with Crippen LogP contribution in [0.15, 0.2) is 35.4 Å². The van der Waals surface area contributed by atoms with Crippen molar-refractivity contribution in [3.8, 4) is 0 Å². The van der Waals surface area contributed by atoms with Crippen molar-refractivity contribution >= 4 is 35.3 Å². The standard InChI is InChI=1S/C50H75ClN2O7/c1-31(2)42-36(55)27-50(40(59-32(3)54)30-53(26-25-52(11)12)29-33-15-13-14-16-35(33)51)24-23-48(9)34(43(42)50)17-18-38-47(8)21-20-39(60-41(56)28-45(4,5)44(57)58)46(6,7)37(47)19-22-49(38,48)10/h13-16,31,34,37-40H,17-30H2,1-12H3,(H,57,58)/t34-,37?,38-,39+,40+,47+,48-,49-,50?/m1/s1. The second-order valence-corrected chi connectivity index (χ2v) is 22.7. The van der Waals surface area contributed by atoms with E-state index < -0.39 is 28.9 Å². The first-order chi connectivity index (χ1) is 27.8. The molecule has 0 aromatic heterocycles. The summed E-state index contributed by atoms with van der Waals surface area (Å²) in [6.45, 7) is 23.9. The number of carbonyl (C=O) groups excluding carboxylic acids is 3. The Labute approximate surface area is 365 Å². The number of aliphatic carboxylic acids is 1. The molecule has 0 radical (unpaired) electrons. The number of carboxylic acid groups (broad SMARTS) is 1. The number of Topliss-reactive ketones (excluding diaryl/α,β-unsaturated/α-hetero) is 1. The molecule has 5 aliphatic carbocycles. The van der Waals surface area contributed by atoms with E-state index in [0.717, 1.165) is 75.6 Å². The number of carbonyl (C=O) groups is 4. The number of halogens is 1. The third kappa shape index (κ3) is 8.04. The molecule has 0 aliphatic heterocycles. The number of likely N-dealkylation sites (N-methyl/N-ethyl adjacent to an activating group) is 1. The second-order valence-electron chi connectivity index (χ2n) is 22.3. The molecule has 4 fully saturated rings. The molecular formula is C50H75ClN2O7. The number of rotatable bonds is 14. The SMILES string of the molecule is CC(=O)O[C@@H](CN(CCN(C)C)Cc1ccccc1Cl)C12CC[C@]3(C)[C@H](CC[C@@H]4[C@@]5(C)CC[C@H](OC(=O)CC(C)(C)C(=O)O)C(C)(C)C5CC[C@]43C)C1=C(C(C)C)C(=O)C2. The van der Waals surface area contributed by atoms with Crippen molar-refractivity contribution in [3.05, 3.63) is 46.0 Å². The third-order valence-electron chi connectivity index (χ3n) is 17.4. The minimum Gasteiger partial charge on any atom is -0.481 e. The molecule has 0 amide bonds. The molecule has 6 rings (SSSR count). The number of allylic oxidation sites excluding steroid dienone is 1. The molecule has 1 N–H and O–H groups in total. The molecule has 9 atom stereocenters. The van der Waals surface area contributed by atoms with E-state index in [4.69, 9.17) is 21.1 Å². The van der Waals surface area contributed by atoms with Crippen LogP contribution in [0.2, 0.25) is 5.02 Å². The van der Waals surface area contributed by atoms with Gasteiger partial charge >= 0.3 is 17.9 Å². The molecule has 0 saturated heterocycles. The maximum atomic E-state index is 14.6. The maximum Gasteiger partial charge on any atom is 0.309 e. The lowest BCUT2D eigenvalue weighted by molar-refractivity contribution is -0.235. The van der Waals surface area contributed by atoms with Crippen LogP contribution in [0.1, 0.15) is 139 Å². The fraction of sp³-hybridized carbons (Fsp3) is 0.760. The molecule has 1 aromatic carbocycles. The van der Waals surface area contributed by atoms with E-state index in [1.807, 2.05) is 18.2 Å². The zero-order chi connectivity index (χ0) is 44.4. The van der Waals surface area contributed by atoms with Crippen LogP contribution < -0.4 is 0 Å². The Morgan fingerprint density at radius 1 is 0.917 bits per heavy atom. The molecule has 1 aromatic rings. The highest BCUT2D eigenvalue weighted by molar-refractivity contribution is 6.31. The number of ketones is 1. The number of nitrogens with zero attached hydrogens (tertiary/aromatic N) is 2. The summed E-state index contributed by atoms with van der Waals surface area (Å²) >= 11 is 6.74. The van der Waals surface area contributed by atoms with Crippen molar-refractivity contribution in [1.29, 1.82) is 0 Å². The topological polar surface area (TPSA) is 113 Å². The normalized spacial score (nSPS) is 34.2. The van der Waals surface area contributed by atoms with Crippen molar-refractivity contribution < 1.29 is 33.8 Å². The molecule has 334 valence electrons. The highest BCUT2D eigenvalue weighted by atomic mass is 35.5. The molecule has 4 saturated carbocycles. The Balaban J connectivity index is 1.34. The van der Waals surface area contributed by atoms with Crippen LogP contribution in [0.3, 0.4) is 0 Å². The summed E-state index contributed by atoms with van der Waals surface area (Å²) in [6, 6.07) is 7.95. The van der Waals surface area contributed by atoms with Gasteiger partial charge in [0.15, 0.2) is 5.78 Å². The van der Waals surface area contributed by atoms with E-state index >= 15 is 0 Å². The van der Waals surface area contributed by atoms with Crippen LogP contribution in [-0.2, 0) is 35.2 Å². The summed E-state index contributed by atoms with van der Waals surface area (Å²) in [6.07, 6.45) is 7.04. The number of benzene rings is 1. The van der Waals surface area contributed by atoms with Gasteiger partial charge in [-0.25, -0.2) is 0 Å². The van der Waals surface area contributed by atoms with Gasteiger partial charge in [-0.1, -0.05) is 78.3 Å². The van der Waals surface area contributed by atoms with E-state index in [1.54, 1.807) is 13.8 Å². The average molecular weight is 852 g/mol. The van der Waals surface area contributed by atoms with E-state index in [2.05, 4.69) is 78.4 Å². The lowest BCUT2D eigenvalue weighted by atomic mass is 9.33. The number of hydrogen-bond acceptors (Lipinski definition) is 8. The minimum atomic E-state index is -1.18. The van der Waals surface area contributed by atoms with E-state index in [-0.39, 0.29) is 57.8 Å². The van der Waals surface area contributed by atoms with E-state index in [9.17, 15) is 24.3 Å². The summed E-state index contributed by atoms with van der Waals surface area (Å²) in [5.41, 5.74) is 1.21. The molecular weight excluding hydrogens is 776 g/mol. The number of fused-ring (bicyclic) bond motifs is 7. The smallest absolute Gasteiger partial charge is 0.309 e. The van der Waals surface area contributed by atoms with Crippen LogP contribution in [0.4, 0.5) is 0 Å². The summed E-state index contributed by atoms with van der Waals surface area (Å²) in [4.78, 5) is 57.4. The van der Waals surface area contributed by atoms with Crippen LogP contribution in [-0.4, -0.2) is 84.5 Å². The van der Waals surface area contributed by atoms with Crippen molar-refractivity contribution in [3.63, 3.8) is 0 Å². The number of carboxylic acids is 1. The van der Waals surface area contributed by atoms with Gasteiger partial charge < -0.3 is 19.5 Å². The minimum absolute atomic E-state index is 0.00209. The maximum absolute atomic E-state index is 14.6. The Morgan fingerprint density at radius 3 is 2.22 bits per heavy atom. The van der Waals surface area contributed by atoms with Crippen LogP contribution in [0.25, 0.3) is 0 Å². The Morgan fingerprint density at radius 2 is 1.60 bits per heavy atom. The van der Waals surface area contributed by atoms with Crippen molar-refractivity contribution in [2.45, 2.75) is 152 Å². The number of hydrogen-bond donors (Lipinski definition) is 1. The third-order valence-corrected chi connectivity index (χ3v) is 17.8. The summed E-state index contributed by atoms with van der Waals surface area (Å²) < 4.78 is 12.7. The van der Waals surface area contributed by atoms with Gasteiger partial charge in [-0.3, -0.25) is 24.1 Å². The van der Waals surface area contributed by atoms with Gasteiger partial charge in [0.25, 0.3) is 0 Å². The predicted octanol–water partition coefficient (Wildman–Crippen LogP) is 10.0. The Bertz CT molecular complexity index is 1870. The Kier molecular flexibility index (Phi) is 13.0. The summed E-state index contributed by atoms with van der Waals surface area (Å²) in [5, 5.41) is 10.4. The van der Waals surface area contributed by atoms with Crippen LogP contribution >= 0.6 is 11.6 Å². The molecule has 60 heavy (non-hydrogen) atoms. The molecule has 9 nitrogen and oxygen atoms in total. The molecule has 0 spiro atoms. The van der Waals surface area contributed by atoms with Crippen molar-refractivity contribution in [2.24, 2.45) is 56.2 Å². The van der Waals surface area contributed by atoms with Gasteiger partial charge in [0.05, 0.1) is 11.8 Å². The van der Waals surface area contributed by atoms with Crippen LogP contribution in [0, 0.1) is 56.2 Å². The fourth-order valence-corrected chi connectivity index (χ4v) is 14.3. The first-order valence-corrected chi connectivity index (χ1v) is 23.2. The number of ether oxygens (including phenoxy) is 2. The predicted molar refractivity (Wildman–Crippen MR) is 236 cm³/mol. The lowest BCUT2D eigenvalue weighted by Gasteiger charge is -2.72. The largest absolute Gasteiger partial charge is 0.481 e. The molecule has 2 unspecified atom stereocenters. The molecule has 0 bridgehead atoms. The molecule has 5 aliphatic rings. The van der Waals surface area contributed by atoms with Crippen LogP contribution in [0.5, 0.6) is 0 Å². The highest BCUT2D eigenvalue weighted by Gasteiger charge is 2.71. The van der Waals surface area contributed by atoms with Gasteiger partial charge in [0, 0.05) is 55.4 Å². The quantitative estimate of drug-likeness (QED) is 0.183. The zero-order valence-electron chi connectivity index (χ0n) is 38.8. The second kappa shape index (κ2) is 16.7. The lowest BCUT2D eigenvalue weighted by Crippen LogP contribution is -2.66. The van der Waals surface area contributed by atoms with E-state index in [1.165, 1.54) is 12.5 Å². The van der Waals surface area contributed by atoms with Gasteiger partial charge in [-0.15, -0.1) is 0 Å². The summed E-state index contributed by atoms with van der Waals surface area (Å²) in [5.74, 6) is -0.492. The first-order valence-electron chi connectivity index (χ1n) is 22.8. The highest BCUT2D eigenvalue weighted by Crippen LogP contribution is 2.77. The fourth-order valence-electron chi connectivity index (χ4n) is 14.1. The van der Waals surface area contributed by atoms with E-state index in [0.29, 0.717) is 36.4 Å². The first kappa shape index (κ1) is 46.7. The molecule has 0 heterocycles. The zero-order valence-corrected chi connectivity index (χ0v) is 39.6. The summed E-state index contributed by atoms with van der Waals surface area (Å²) in [7, 11) is 4.14. The monoisotopic (exact) mass is 851 g/mol. The van der Waals surface area contributed by atoms with Gasteiger partial charge in [0.1, 0.15) is 12.2 Å². The Hall–Kier alpha value is -2.75. The van der Waals surface area contributed by atoms with Gasteiger partial charge in [0.2, 0.25) is 0 Å². The van der Waals surface area contributed by atoms with Gasteiger partial charge in [-0.2, -0.15) is 0 Å². The number of esters is 2. The average Bonchev–Trinajstić information content (AvgIpc) is 3.45. The van der Waals surface area contributed by atoms with Crippen molar-refractivity contribution in [2.75, 3.05) is 33.7 Å². The van der Waals surface area contributed by atoms with Crippen molar-refractivity contribution in [1.82, 2.24) is 9.80 Å².